The molecule has 0 saturated carbocycles. The Labute approximate surface area is 109 Å². The number of anilines is 1. The molecule has 0 aliphatic carbocycles. The molecule has 0 spiro atoms. The summed E-state index contributed by atoms with van der Waals surface area (Å²) in [7, 11) is 0. The third-order valence-corrected chi connectivity index (χ3v) is 3.17. The first kappa shape index (κ1) is 14.1. The van der Waals surface area contributed by atoms with Crippen LogP contribution in [0.5, 0.6) is 0 Å². The molecule has 0 unspecified atom stereocenters. The second-order valence-corrected chi connectivity index (χ2v) is 4.77. The maximum Gasteiger partial charge on any atom is 0.401 e. The maximum atomic E-state index is 12.2. The van der Waals surface area contributed by atoms with Gasteiger partial charge in [0.1, 0.15) is 0 Å². The van der Waals surface area contributed by atoms with Gasteiger partial charge in [-0.3, -0.25) is 14.5 Å². The number of piperazine rings is 1. The number of hydrogen-bond acceptors (Lipinski definition) is 4. The van der Waals surface area contributed by atoms with Gasteiger partial charge in [0.2, 0.25) is 0 Å². The standard InChI is InChI=1S/C11H18F3N5/c12-11(13,14)9-18-3-1-17(2-4-18)5-6-19-8-10(15)7-16-19/h7-8H,1-6,9,15H2. The second kappa shape index (κ2) is 5.79. The summed E-state index contributed by atoms with van der Waals surface area (Å²) in [5.41, 5.74) is 6.17. The number of nitrogens with zero attached hydrogens (tertiary/aromatic N) is 4. The van der Waals surface area contributed by atoms with E-state index in [1.165, 1.54) is 4.90 Å². The minimum atomic E-state index is -4.10. The second-order valence-electron chi connectivity index (χ2n) is 4.77. The molecule has 0 bridgehead atoms. The van der Waals surface area contributed by atoms with Crippen molar-refractivity contribution in [1.82, 2.24) is 19.6 Å². The summed E-state index contributed by atoms with van der Waals surface area (Å²) in [5, 5.41) is 4.07. The summed E-state index contributed by atoms with van der Waals surface area (Å²) in [5.74, 6) is 0. The van der Waals surface area contributed by atoms with Gasteiger partial charge >= 0.3 is 6.18 Å². The SMILES string of the molecule is Nc1cnn(CCN2CCN(CC(F)(F)F)CC2)c1. The molecule has 1 aromatic heterocycles. The first-order valence-corrected chi connectivity index (χ1v) is 6.22. The fourth-order valence-electron chi connectivity index (χ4n) is 2.17. The van der Waals surface area contributed by atoms with Gasteiger partial charge in [-0.05, 0) is 0 Å². The Bertz CT molecular complexity index is 395. The summed E-state index contributed by atoms with van der Waals surface area (Å²) in [4.78, 5) is 3.59. The minimum absolute atomic E-state index is 0.459. The number of nitrogens with two attached hydrogens (primary N) is 1. The third-order valence-electron chi connectivity index (χ3n) is 3.17. The van der Waals surface area contributed by atoms with E-state index in [9.17, 15) is 13.2 Å². The van der Waals surface area contributed by atoms with Crippen LogP contribution >= 0.6 is 0 Å². The summed E-state index contributed by atoms with van der Waals surface area (Å²) in [6.45, 7) is 2.91. The van der Waals surface area contributed by atoms with Crippen LogP contribution in [0.25, 0.3) is 0 Å². The predicted octanol–water partition coefficient (Wildman–Crippen LogP) is 0.645. The molecule has 2 heterocycles. The van der Waals surface area contributed by atoms with Gasteiger partial charge in [0.25, 0.3) is 0 Å². The lowest BCUT2D eigenvalue weighted by Crippen LogP contribution is -2.49. The zero-order valence-corrected chi connectivity index (χ0v) is 10.6. The van der Waals surface area contributed by atoms with Crippen molar-refractivity contribution in [2.24, 2.45) is 0 Å². The van der Waals surface area contributed by atoms with Gasteiger partial charge in [0.05, 0.1) is 25.0 Å². The number of alkyl halides is 3. The predicted molar refractivity (Wildman–Crippen MR) is 65.6 cm³/mol. The van der Waals surface area contributed by atoms with Gasteiger partial charge in [-0.15, -0.1) is 0 Å². The number of rotatable bonds is 4. The Morgan fingerprint density at radius 2 is 1.74 bits per heavy atom. The molecule has 0 atom stereocenters. The highest BCUT2D eigenvalue weighted by molar-refractivity contribution is 5.30. The van der Waals surface area contributed by atoms with Crippen molar-refractivity contribution in [2.45, 2.75) is 12.7 Å². The van der Waals surface area contributed by atoms with E-state index in [0.717, 1.165) is 6.54 Å². The largest absolute Gasteiger partial charge is 0.401 e. The summed E-state index contributed by atoms with van der Waals surface area (Å²) >= 11 is 0. The van der Waals surface area contributed by atoms with Gasteiger partial charge in [-0.1, -0.05) is 0 Å². The Hall–Kier alpha value is -1.28. The van der Waals surface area contributed by atoms with E-state index in [0.29, 0.717) is 38.4 Å². The van der Waals surface area contributed by atoms with E-state index in [1.54, 1.807) is 17.1 Å². The van der Waals surface area contributed by atoms with Crippen molar-refractivity contribution in [3.05, 3.63) is 12.4 Å². The molecule has 108 valence electrons. The average molecular weight is 277 g/mol. The van der Waals surface area contributed by atoms with E-state index < -0.39 is 12.7 Å². The normalized spacial score (nSPS) is 18.9. The van der Waals surface area contributed by atoms with Crippen LogP contribution in [-0.2, 0) is 6.54 Å². The lowest BCUT2D eigenvalue weighted by atomic mass is 10.3. The Kier molecular flexibility index (Phi) is 4.31. The van der Waals surface area contributed by atoms with Crippen LogP contribution in [0.1, 0.15) is 0 Å². The van der Waals surface area contributed by atoms with Crippen molar-refractivity contribution < 1.29 is 13.2 Å². The fourth-order valence-corrected chi connectivity index (χ4v) is 2.17. The number of aromatic nitrogens is 2. The van der Waals surface area contributed by atoms with Crippen LogP contribution in [0.3, 0.4) is 0 Å². The van der Waals surface area contributed by atoms with Crippen molar-refractivity contribution in [2.75, 3.05) is 45.0 Å². The highest BCUT2D eigenvalue weighted by Gasteiger charge is 2.31. The summed E-state index contributed by atoms with van der Waals surface area (Å²) < 4.78 is 38.4. The monoisotopic (exact) mass is 277 g/mol. The molecule has 0 aromatic carbocycles. The van der Waals surface area contributed by atoms with Gasteiger partial charge in [0, 0.05) is 38.9 Å². The van der Waals surface area contributed by atoms with E-state index in [2.05, 4.69) is 10.00 Å². The zero-order chi connectivity index (χ0) is 13.9. The topological polar surface area (TPSA) is 50.3 Å². The molecule has 1 aliphatic rings. The summed E-state index contributed by atoms with van der Waals surface area (Å²) in [6, 6.07) is 0. The van der Waals surface area contributed by atoms with Crippen LogP contribution < -0.4 is 5.73 Å². The first-order chi connectivity index (χ1) is 8.92. The highest BCUT2D eigenvalue weighted by atomic mass is 19.4. The maximum absolute atomic E-state index is 12.2. The molecule has 1 saturated heterocycles. The van der Waals surface area contributed by atoms with Crippen molar-refractivity contribution >= 4 is 5.69 Å². The molecule has 1 fully saturated rings. The quantitative estimate of drug-likeness (QED) is 0.878. The molecule has 0 radical (unpaired) electrons. The molecule has 8 heteroatoms. The molecular formula is C11H18F3N5. The van der Waals surface area contributed by atoms with Gasteiger partial charge in [-0.2, -0.15) is 18.3 Å². The van der Waals surface area contributed by atoms with Gasteiger partial charge in [0.15, 0.2) is 0 Å². The van der Waals surface area contributed by atoms with E-state index in [4.69, 9.17) is 5.73 Å². The van der Waals surface area contributed by atoms with E-state index >= 15 is 0 Å². The van der Waals surface area contributed by atoms with Crippen LogP contribution in [0.15, 0.2) is 12.4 Å². The van der Waals surface area contributed by atoms with Crippen LogP contribution in [-0.4, -0.2) is 65.0 Å². The molecular weight excluding hydrogens is 259 g/mol. The van der Waals surface area contributed by atoms with Crippen LogP contribution in [0.4, 0.5) is 18.9 Å². The van der Waals surface area contributed by atoms with E-state index in [1.807, 2.05) is 0 Å². The minimum Gasteiger partial charge on any atom is -0.396 e. The number of halogens is 3. The molecule has 19 heavy (non-hydrogen) atoms. The smallest absolute Gasteiger partial charge is 0.396 e. The lowest BCUT2D eigenvalue weighted by molar-refractivity contribution is -0.149. The first-order valence-electron chi connectivity index (χ1n) is 6.22. The third kappa shape index (κ3) is 4.71. The Balaban J connectivity index is 1.69. The van der Waals surface area contributed by atoms with Crippen molar-refractivity contribution in [1.29, 1.82) is 0 Å². The van der Waals surface area contributed by atoms with Gasteiger partial charge < -0.3 is 5.73 Å². The fraction of sp³-hybridized carbons (Fsp3) is 0.727. The molecule has 0 amide bonds. The molecule has 1 aromatic rings. The molecule has 1 aliphatic heterocycles. The molecule has 2 N–H and O–H groups in total. The van der Waals surface area contributed by atoms with Crippen LogP contribution in [0.2, 0.25) is 0 Å². The van der Waals surface area contributed by atoms with Crippen molar-refractivity contribution in [3.63, 3.8) is 0 Å². The Morgan fingerprint density at radius 3 is 2.26 bits per heavy atom. The zero-order valence-electron chi connectivity index (χ0n) is 10.6. The van der Waals surface area contributed by atoms with E-state index in [-0.39, 0.29) is 0 Å². The van der Waals surface area contributed by atoms with Crippen molar-refractivity contribution in [3.8, 4) is 0 Å². The Morgan fingerprint density at radius 1 is 1.11 bits per heavy atom. The molecule has 5 nitrogen and oxygen atoms in total. The lowest BCUT2D eigenvalue weighted by Gasteiger charge is -2.34. The molecule has 2 rings (SSSR count). The average Bonchev–Trinajstić information content (AvgIpc) is 2.72. The highest BCUT2D eigenvalue weighted by Crippen LogP contribution is 2.17. The van der Waals surface area contributed by atoms with Crippen LogP contribution in [0, 0.1) is 0 Å². The summed E-state index contributed by atoms with van der Waals surface area (Å²) in [6.07, 6.45) is -0.768. The number of hydrogen-bond donors (Lipinski definition) is 1. The van der Waals surface area contributed by atoms with Gasteiger partial charge in [-0.25, -0.2) is 0 Å². The number of nitrogen functional groups attached to an aromatic ring is 1.